The number of nitrogens with one attached hydrogen (secondary N) is 1. The molecule has 1 aromatic rings. The molecule has 5 nitrogen and oxygen atoms in total. The van der Waals surface area contributed by atoms with Gasteiger partial charge in [-0.15, -0.1) is 0 Å². The first kappa shape index (κ1) is 17.8. The van der Waals surface area contributed by atoms with Crippen LogP contribution in [0.2, 0.25) is 0 Å². The van der Waals surface area contributed by atoms with Crippen molar-refractivity contribution < 1.29 is 13.2 Å². The van der Waals surface area contributed by atoms with Gasteiger partial charge in [-0.2, -0.15) is 0 Å². The van der Waals surface area contributed by atoms with E-state index >= 15 is 0 Å². The summed E-state index contributed by atoms with van der Waals surface area (Å²) in [5, 5.41) is 3.09. The van der Waals surface area contributed by atoms with Gasteiger partial charge >= 0.3 is 0 Å². The molecule has 1 aliphatic rings. The summed E-state index contributed by atoms with van der Waals surface area (Å²) in [5.74, 6) is 0.199. The van der Waals surface area contributed by atoms with Crippen LogP contribution in [0.5, 0.6) is 0 Å². The van der Waals surface area contributed by atoms with Gasteiger partial charge in [-0.25, -0.2) is 8.42 Å². The second-order valence-corrected chi connectivity index (χ2v) is 8.21. The first-order chi connectivity index (χ1) is 11.0. The van der Waals surface area contributed by atoms with Crippen LogP contribution in [-0.4, -0.2) is 44.6 Å². The molecule has 1 N–H and O–H groups in total. The van der Waals surface area contributed by atoms with Gasteiger partial charge in [-0.05, 0) is 37.1 Å². The lowest BCUT2D eigenvalue weighted by Gasteiger charge is -2.25. The Morgan fingerprint density at radius 3 is 2.17 bits per heavy atom. The fourth-order valence-corrected chi connectivity index (χ4v) is 3.62. The molecule has 0 saturated carbocycles. The Bertz CT molecular complexity index is 603. The summed E-state index contributed by atoms with van der Waals surface area (Å²) in [7, 11) is -3.17. The minimum Gasteiger partial charge on any atom is -0.376 e. The third-order valence-corrected chi connectivity index (χ3v) is 6.00. The van der Waals surface area contributed by atoms with E-state index in [4.69, 9.17) is 0 Å². The average Bonchev–Trinajstić information content (AvgIpc) is 2.53. The van der Waals surface area contributed by atoms with E-state index in [1.807, 2.05) is 4.90 Å². The number of rotatable bonds is 5. The lowest BCUT2D eigenvalue weighted by Crippen LogP contribution is -2.37. The summed E-state index contributed by atoms with van der Waals surface area (Å²) >= 11 is 0. The molecular weight excluding hydrogens is 312 g/mol. The number of sulfone groups is 1. The van der Waals surface area contributed by atoms with Gasteiger partial charge in [0, 0.05) is 18.8 Å². The number of carbonyl (C=O) groups excluding carboxylic acids is 1. The number of nitrogens with zero attached hydrogens (tertiary/aromatic N) is 1. The molecule has 1 amide bonds. The van der Waals surface area contributed by atoms with Crippen LogP contribution in [-0.2, 0) is 14.6 Å². The minimum absolute atomic E-state index is 0.0905. The van der Waals surface area contributed by atoms with E-state index in [1.165, 1.54) is 19.3 Å². The third kappa shape index (κ3) is 5.23. The van der Waals surface area contributed by atoms with Crippen LogP contribution in [0, 0.1) is 0 Å². The quantitative estimate of drug-likeness (QED) is 0.896. The van der Waals surface area contributed by atoms with Gasteiger partial charge in [0.05, 0.1) is 17.2 Å². The van der Waals surface area contributed by atoms with Crippen molar-refractivity contribution in [1.82, 2.24) is 4.90 Å². The van der Waals surface area contributed by atoms with E-state index in [0.29, 0.717) is 4.90 Å². The molecule has 0 spiro atoms. The first-order valence-corrected chi connectivity index (χ1v) is 10.0. The highest BCUT2D eigenvalue weighted by atomic mass is 32.2. The predicted molar refractivity (Wildman–Crippen MR) is 92.3 cm³/mol. The predicted octanol–water partition coefficient (Wildman–Crippen LogP) is 2.68. The van der Waals surface area contributed by atoms with Gasteiger partial charge in [-0.3, -0.25) is 4.79 Å². The van der Waals surface area contributed by atoms with Crippen LogP contribution in [0.4, 0.5) is 5.69 Å². The van der Waals surface area contributed by atoms with Crippen molar-refractivity contribution in [3.05, 3.63) is 24.3 Å². The van der Waals surface area contributed by atoms with Gasteiger partial charge in [0.15, 0.2) is 9.84 Å². The lowest BCUT2D eigenvalue weighted by molar-refractivity contribution is -0.129. The first-order valence-electron chi connectivity index (χ1n) is 8.37. The lowest BCUT2D eigenvalue weighted by atomic mass is 10.1. The largest absolute Gasteiger partial charge is 0.376 e. The van der Waals surface area contributed by atoms with E-state index in [0.717, 1.165) is 31.6 Å². The van der Waals surface area contributed by atoms with Gasteiger partial charge in [0.1, 0.15) is 0 Å². The van der Waals surface area contributed by atoms with Gasteiger partial charge < -0.3 is 10.2 Å². The Kier molecular flexibility index (Phi) is 6.45. The number of benzene rings is 1. The fourth-order valence-electron chi connectivity index (χ4n) is 2.73. The summed E-state index contributed by atoms with van der Waals surface area (Å²) in [5.41, 5.74) is 0.764. The van der Waals surface area contributed by atoms with E-state index in [2.05, 4.69) is 5.32 Å². The molecule has 6 heteroatoms. The number of amides is 1. The molecule has 128 valence electrons. The minimum atomic E-state index is -3.17. The van der Waals surface area contributed by atoms with Crippen molar-refractivity contribution in [2.24, 2.45) is 0 Å². The number of carbonyl (C=O) groups is 1. The highest BCUT2D eigenvalue weighted by molar-refractivity contribution is 7.91. The molecule has 1 heterocycles. The topological polar surface area (TPSA) is 66.5 Å². The summed E-state index contributed by atoms with van der Waals surface area (Å²) in [6.45, 7) is 3.56. The molecule has 0 unspecified atom stereocenters. The number of anilines is 1. The van der Waals surface area contributed by atoms with Crippen LogP contribution in [0.15, 0.2) is 29.2 Å². The number of hydrogen-bond donors (Lipinski definition) is 1. The van der Waals surface area contributed by atoms with E-state index in [1.54, 1.807) is 31.2 Å². The zero-order valence-corrected chi connectivity index (χ0v) is 14.6. The van der Waals surface area contributed by atoms with E-state index in [9.17, 15) is 13.2 Å². The van der Waals surface area contributed by atoms with Crippen LogP contribution in [0.1, 0.15) is 39.0 Å². The molecule has 0 aromatic heterocycles. The monoisotopic (exact) mass is 338 g/mol. The molecule has 1 fully saturated rings. The average molecular weight is 338 g/mol. The van der Waals surface area contributed by atoms with Crippen LogP contribution in [0.3, 0.4) is 0 Å². The van der Waals surface area contributed by atoms with Crippen molar-refractivity contribution in [3.63, 3.8) is 0 Å². The maximum Gasteiger partial charge on any atom is 0.241 e. The van der Waals surface area contributed by atoms with Crippen LogP contribution < -0.4 is 5.32 Å². The molecule has 0 radical (unpaired) electrons. The molecular formula is C17H26N2O3S. The Morgan fingerprint density at radius 2 is 1.61 bits per heavy atom. The number of hydrogen-bond acceptors (Lipinski definition) is 4. The molecule has 23 heavy (non-hydrogen) atoms. The normalized spacial score (nSPS) is 16.5. The summed E-state index contributed by atoms with van der Waals surface area (Å²) < 4.78 is 23.5. The Labute approximate surface area is 139 Å². The maximum absolute atomic E-state index is 12.3. The molecule has 1 aromatic carbocycles. The second-order valence-electron chi connectivity index (χ2n) is 5.93. The summed E-state index contributed by atoms with van der Waals surface area (Å²) in [4.78, 5) is 14.5. The fraction of sp³-hybridized carbons (Fsp3) is 0.588. The standard InChI is InChI=1S/C17H26N2O3S/c1-2-23(21,22)16-10-8-15(9-11-16)18-14-17(20)19-12-6-4-3-5-7-13-19/h8-11,18H,2-7,12-14H2,1H3. The van der Waals surface area contributed by atoms with Gasteiger partial charge in [0.25, 0.3) is 0 Å². The maximum atomic E-state index is 12.3. The van der Waals surface area contributed by atoms with Crippen LogP contribution in [0.25, 0.3) is 0 Å². The molecule has 1 aliphatic heterocycles. The number of likely N-dealkylation sites (tertiary alicyclic amines) is 1. The molecule has 0 aliphatic carbocycles. The Morgan fingerprint density at radius 1 is 1.04 bits per heavy atom. The molecule has 1 saturated heterocycles. The Balaban J connectivity index is 1.88. The van der Waals surface area contributed by atoms with Crippen molar-refractivity contribution >= 4 is 21.4 Å². The van der Waals surface area contributed by atoms with Crippen molar-refractivity contribution in [2.45, 2.75) is 43.9 Å². The highest BCUT2D eigenvalue weighted by Crippen LogP contribution is 2.15. The van der Waals surface area contributed by atoms with Crippen molar-refractivity contribution in [3.8, 4) is 0 Å². The smallest absolute Gasteiger partial charge is 0.241 e. The van der Waals surface area contributed by atoms with Crippen molar-refractivity contribution in [1.29, 1.82) is 0 Å². The summed E-state index contributed by atoms with van der Waals surface area (Å²) in [6.07, 6.45) is 5.83. The molecule has 2 rings (SSSR count). The molecule has 0 atom stereocenters. The second kappa shape index (κ2) is 8.34. The zero-order chi connectivity index (χ0) is 16.7. The van der Waals surface area contributed by atoms with Gasteiger partial charge in [0.2, 0.25) is 5.91 Å². The van der Waals surface area contributed by atoms with Crippen LogP contribution >= 0.6 is 0 Å². The highest BCUT2D eigenvalue weighted by Gasteiger charge is 2.15. The third-order valence-electron chi connectivity index (χ3n) is 4.25. The summed E-state index contributed by atoms with van der Waals surface area (Å²) in [6, 6.07) is 6.59. The van der Waals surface area contributed by atoms with E-state index in [-0.39, 0.29) is 18.2 Å². The van der Waals surface area contributed by atoms with E-state index < -0.39 is 9.84 Å². The Hall–Kier alpha value is -1.56. The van der Waals surface area contributed by atoms with Gasteiger partial charge in [-0.1, -0.05) is 26.2 Å². The van der Waals surface area contributed by atoms with Crippen molar-refractivity contribution in [2.75, 3.05) is 30.7 Å². The molecule has 0 bridgehead atoms. The zero-order valence-electron chi connectivity index (χ0n) is 13.8. The SMILES string of the molecule is CCS(=O)(=O)c1ccc(NCC(=O)N2CCCCCCC2)cc1.